The van der Waals surface area contributed by atoms with E-state index in [1.54, 1.807) is 7.11 Å². The van der Waals surface area contributed by atoms with Crippen molar-refractivity contribution in [3.05, 3.63) is 40.1 Å². The van der Waals surface area contributed by atoms with Crippen LogP contribution < -0.4 is 5.56 Å². The molecule has 3 heterocycles. The lowest BCUT2D eigenvalue weighted by Crippen LogP contribution is -2.36. The Labute approximate surface area is 233 Å². The number of pyridine rings is 1. The maximum Gasteiger partial charge on any atom is 0.270 e. The third kappa shape index (κ3) is 6.76. The van der Waals surface area contributed by atoms with Crippen molar-refractivity contribution < 1.29 is 14.2 Å². The lowest BCUT2D eigenvalue weighted by molar-refractivity contribution is -0.0136. The zero-order valence-electron chi connectivity index (χ0n) is 24.5. The molecule has 0 bridgehead atoms. The molecule has 0 radical (unpaired) electrons. The fourth-order valence-electron chi connectivity index (χ4n) is 4.95. The molecule has 0 spiro atoms. The molecule has 0 saturated heterocycles. The number of hydrogen-bond donors (Lipinski definition) is 0. The highest BCUT2D eigenvalue weighted by atomic mass is 32.1. The first-order valence-electron chi connectivity index (χ1n) is 13.7. The van der Waals surface area contributed by atoms with Gasteiger partial charge in [-0.25, -0.2) is 4.68 Å². The van der Waals surface area contributed by atoms with Crippen LogP contribution in [0.15, 0.2) is 23.3 Å². The predicted molar refractivity (Wildman–Crippen MR) is 163 cm³/mol. The average molecular weight is 576 g/mol. The van der Waals surface area contributed by atoms with E-state index in [4.69, 9.17) is 14.2 Å². The molecule has 3 aromatic rings. The van der Waals surface area contributed by atoms with Crippen LogP contribution in [0.1, 0.15) is 31.0 Å². The van der Waals surface area contributed by atoms with Crippen LogP contribution in [0.4, 0.5) is 0 Å². The molecule has 7 nitrogen and oxygen atoms in total. The van der Waals surface area contributed by atoms with Crippen LogP contribution in [0.25, 0.3) is 20.5 Å². The molecule has 0 aromatic carbocycles. The summed E-state index contributed by atoms with van der Waals surface area (Å²) >= 11 is 1.54. The minimum atomic E-state index is -1.21. The van der Waals surface area contributed by atoms with Crippen molar-refractivity contribution in [1.82, 2.24) is 14.3 Å². The summed E-state index contributed by atoms with van der Waals surface area (Å²) in [5.74, 6) is 0. The Hall–Kier alpha value is -1.57. The highest BCUT2D eigenvalue weighted by Gasteiger charge is 2.37. The molecule has 210 valence electrons. The fourth-order valence-corrected chi connectivity index (χ4v) is 7.56. The first-order chi connectivity index (χ1) is 17.8. The number of ether oxygens (including phenoxy) is 3. The topological polar surface area (TPSA) is 67.5 Å². The van der Waals surface area contributed by atoms with Gasteiger partial charge in [-0.3, -0.25) is 9.36 Å². The van der Waals surface area contributed by atoms with Crippen LogP contribution in [-0.4, -0.2) is 50.8 Å². The molecule has 3 aromatic heterocycles. The van der Waals surface area contributed by atoms with Crippen molar-refractivity contribution in [2.75, 3.05) is 20.3 Å². The lowest BCUT2D eigenvalue weighted by Gasteiger charge is -2.36. The van der Waals surface area contributed by atoms with Gasteiger partial charge in [-0.05, 0) is 44.3 Å². The van der Waals surface area contributed by atoms with E-state index in [-0.39, 0.29) is 5.56 Å². The standard InChI is InChI=1S/C28H45N3O4SSi2/c1-28(33-2)11-9-10-23-25(28)22-16-24(21-17-29-30(18-21)19-34-12-14-37(3,4)5)36-26(22)27(32)31(23)20-35-13-15-38(6,7)8/h16-18H,9-15,19-20H2,1-8H3. The molecule has 1 aliphatic carbocycles. The summed E-state index contributed by atoms with van der Waals surface area (Å²) < 4.78 is 22.5. The van der Waals surface area contributed by atoms with Crippen LogP contribution in [0.5, 0.6) is 0 Å². The molecule has 38 heavy (non-hydrogen) atoms. The summed E-state index contributed by atoms with van der Waals surface area (Å²) in [5.41, 5.74) is 2.79. The van der Waals surface area contributed by atoms with E-state index >= 15 is 0 Å². The summed E-state index contributed by atoms with van der Waals surface area (Å²) in [6, 6.07) is 4.37. The van der Waals surface area contributed by atoms with Gasteiger partial charge in [0.15, 0.2) is 0 Å². The minimum absolute atomic E-state index is 0.0328. The molecule has 1 atom stereocenters. The van der Waals surface area contributed by atoms with Crippen LogP contribution in [-0.2, 0) is 39.7 Å². The number of aromatic nitrogens is 3. The van der Waals surface area contributed by atoms with E-state index in [0.717, 1.165) is 69.7 Å². The van der Waals surface area contributed by atoms with E-state index < -0.39 is 21.7 Å². The predicted octanol–water partition coefficient (Wildman–Crippen LogP) is 6.75. The third-order valence-electron chi connectivity index (χ3n) is 7.46. The normalized spacial score (nSPS) is 18.3. The molecule has 0 saturated carbocycles. The zero-order valence-corrected chi connectivity index (χ0v) is 27.3. The van der Waals surface area contributed by atoms with Gasteiger partial charge in [0.25, 0.3) is 5.56 Å². The van der Waals surface area contributed by atoms with E-state index in [0.29, 0.717) is 20.1 Å². The summed E-state index contributed by atoms with van der Waals surface area (Å²) in [5, 5.41) is 5.53. The number of fused-ring (bicyclic) bond motifs is 3. The SMILES string of the molecule is COC1(C)CCCc2c1c1cc(-c3cnn(COCC[Si](C)(C)C)c3)sc1c(=O)n2COCC[Si](C)(C)C. The Morgan fingerprint density at radius 1 is 1.05 bits per heavy atom. The summed E-state index contributed by atoms with van der Waals surface area (Å²) in [6.45, 7) is 18.4. The van der Waals surface area contributed by atoms with Gasteiger partial charge in [0.05, 0.1) is 11.8 Å². The lowest BCUT2D eigenvalue weighted by atomic mass is 9.80. The van der Waals surface area contributed by atoms with Gasteiger partial charge < -0.3 is 14.2 Å². The molecule has 1 unspecified atom stereocenters. The van der Waals surface area contributed by atoms with Crippen molar-refractivity contribution in [3.8, 4) is 10.4 Å². The highest BCUT2D eigenvalue weighted by Crippen LogP contribution is 2.44. The highest BCUT2D eigenvalue weighted by molar-refractivity contribution is 7.22. The molecule has 0 N–H and O–H groups in total. The van der Waals surface area contributed by atoms with E-state index in [1.165, 1.54) is 11.3 Å². The summed E-state index contributed by atoms with van der Waals surface area (Å²) in [6.07, 6.45) is 6.65. The second-order valence-electron chi connectivity index (χ2n) is 13.2. The Morgan fingerprint density at radius 2 is 1.71 bits per heavy atom. The van der Waals surface area contributed by atoms with Gasteiger partial charge >= 0.3 is 0 Å². The van der Waals surface area contributed by atoms with Crippen molar-refractivity contribution in [2.24, 2.45) is 0 Å². The van der Waals surface area contributed by atoms with Crippen molar-refractivity contribution in [1.29, 1.82) is 0 Å². The molecule has 0 fully saturated rings. The molecular weight excluding hydrogens is 531 g/mol. The summed E-state index contributed by atoms with van der Waals surface area (Å²) in [7, 11) is -0.550. The number of rotatable bonds is 12. The van der Waals surface area contributed by atoms with Gasteiger partial charge in [-0.2, -0.15) is 5.10 Å². The molecular formula is C28H45N3O4SSi2. The quantitative estimate of drug-likeness (QED) is 0.177. The second-order valence-corrected chi connectivity index (χ2v) is 25.5. The van der Waals surface area contributed by atoms with Gasteiger partial charge in [-0.15, -0.1) is 11.3 Å². The van der Waals surface area contributed by atoms with E-state index in [2.05, 4.69) is 57.4 Å². The van der Waals surface area contributed by atoms with E-state index in [9.17, 15) is 4.79 Å². The van der Waals surface area contributed by atoms with Crippen molar-refractivity contribution in [2.45, 2.75) is 96.6 Å². The van der Waals surface area contributed by atoms with Crippen LogP contribution in [0.3, 0.4) is 0 Å². The molecule has 1 aliphatic rings. The number of nitrogens with zero attached hydrogens (tertiary/aromatic N) is 3. The molecule has 4 rings (SSSR count). The van der Waals surface area contributed by atoms with Gasteiger partial charge in [0.1, 0.15) is 18.2 Å². The number of thiophene rings is 1. The smallest absolute Gasteiger partial charge is 0.270 e. The maximum atomic E-state index is 13.8. The average Bonchev–Trinajstić information content (AvgIpc) is 3.47. The number of methoxy groups -OCH3 is 1. The largest absolute Gasteiger partial charge is 0.374 e. The van der Waals surface area contributed by atoms with Gasteiger partial charge in [0.2, 0.25) is 0 Å². The molecule has 0 amide bonds. The van der Waals surface area contributed by atoms with Crippen molar-refractivity contribution in [3.63, 3.8) is 0 Å². The number of hydrogen-bond acceptors (Lipinski definition) is 6. The minimum Gasteiger partial charge on any atom is -0.374 e. The fraction of sp³-hybridized carbons (Fsp3) is 0.643. The van der Waals surface area contributed by atoms with E-state index in [1.807, 2.05) is 21.6 Å². The Morgan fingerprint density at radius 3 is 2.34 bits per heavy atom. The molecule has 0 aliphatic heterocycles. The van der Waals surface area contributed by atoms with Crippen LogP contribution in [0.2, 0.25) is 51.4 Å². The van der Waals surface area contributed by atoms with Gasteiger partial charge in [-0.1, -0.05) is 39.3 Å². The summed E-state index contributed by atoms with van der Waals surface area (Å²) in [4.78, 5) is 14.9. The first-order valence-corrected chi connectivity index (χ1v) is 22.0. The Kier molecular flexibility index (Phi) is 8.91. The maximum absolute atomic E-state index is 13.8. The van der Waals surface area contributed by atoms with Crippen molar-refractivity contribution >= 4 is 37.6 Å². The first kappa shape index (κ1) is 29.4. The molecule has 10 heteroatoms. The zero-order chi connectivity index (χ0) is 27.7. The van der Waals surface area contributed by atoms with Crippen LogP contribution >= 0.6 is 11.3 Å². The Bertz CT molecular complexity index is 1320. The van der Waals surface area contributed by atoms with Gasteiger partial charge in [0, 0.05) is 69.8 Å². The second kappa shape index (κ2) is 11.5. The third-order valence-corrected chi connectivity index (χ3v) is 12.0. The van der Waals surface area contributed by atoms with Crippen LogP contribution in [0, 0.1) is 0 Å². The Balaban J connectivity index is 1.66. The monoisotopic (exact) mass is 575 g/mol.